The van der Waals surface area contributed by atoms with E-state index in [1.807, 2.05) is 0 Å². The number of carbonyl (C=O) groups is 1. The first-order valence-electron chi connectivity index (χ1n) is 11.7. The van der Waals surface area contributed by atoms with Gasteiger partial charge in [-0.2, -0.15) is 0 Å². The molecule has 0 aliphatic heterocycles. The normalized spacial score (nSPS) is 11.8. The average Bonchev–Trinajstić information content (AvgIpc) is 2.62. The van der Waals surface area contributed by atoms with Crippen molar-refractivity contribution in [2.45, 2.75) is 136 Å². The molecule has 0 aliphatic carbocycles. The zero-order valence-electron chi connectivity index (χ0n) is 18.2. The summed E-state index contributed by atoms with van der Waals surface area (Å²) in [6, 6.07) is 0. The Balaban J connectivity index is 4.01. The van der Waals surface area contributed by atoms with Gasteiger partial charge in [-0.3, -0.25) is 4.79 Å². The number of unbranched alkanes of at least 4 members (excludes halogenated alkanes) is 12. The summed E-state index contributed by atoms with van der Waals surface area (Å²) >= 11 is 0. The first kappa shape index (κ1) is 25.5. The molecule has 155 valence electrons. The molecule has 2 nitrogen and oxygen atoms in total. The molecular formula is C24H47O2. The fraction of sp³-hybridized carbons (Fsp3) is 0.917. The first-order chi connectivity index (χ1) is 12.6. The summed E-state index contributed by atoms with van der Waals surface area (Å²) in [5, 5.41) is 9.37. The second-order valence-electron chi connectivity index (χ2n) is 8.34. The Morgan fingerprint density at radius 3 is 1.35 bits per heavy atom. The van der Waals surface area contributed by atoms with Crippen LogP contribution in [0.25, 0.3) is 0 Å². The van der Waals surface area contributed by atoms with Crippen molar-refractivity contribution in [2.75, 3.05) is 0 Å². The second-order valence-corrected chi connectivity index (χ2v) is 8.34. The van der Waals surface area contributed by atoms with Crippen LogP contribution in [0.3, 0.4) is 0 Å². The van der Waals surface area contributed by atoms with Gasteiger partial charge < -0.3 is 5.11 Å². The summed E-state index contributed by atoms with van der Waals surface area (Å²) in [7, 11) is 0. The van der Waals surface area contributed by atoms with E-state index in [0.717, 1.165) is 44.9 Å². The molecule has 0 saturated heterocycles. The molecule has 0 heterocycles. The van der Waals surface area contributed by atoms with Crippen LogP contribution < -0.4 is 0 Å². The quantitative estimate of drug-likeness (QED) is 0.219. The van der Waals surface area contributed by atoms with Crippen molar-refractivity contribution in [2.24, 2.45) is 5.41 Å². The van der Waals surface area contributed by atoms with E-state index in [9.17, 15) is 9.90 Å². The zero-order valence-corrected chi connectivity index (χ0v) is 18.2. The van der Waals surface area contributed by atoms with E-state index in [0.29, 0.717) is 0 Å². The van der Waals surface area contributed by atoms with Gasteiger partial charge in [-0.25, -0.2) is 0 Å². The van der Waals surface area contributed by atoms with E-state index >= 15 is 0 Å². The predicted molar refractivity (Wildman–Crippen MR) is 114 cm³/mol. The minimum absolute atomic E-state index is 0.0584. The predicted octanol–water partition coefficient (Wildman–Crippen LogP) is 8.34. The van der Waals surface area contributed by atoms with Crippen molar-refractivity contribution in [1.82, 2.24) is 0 Å². The van der Waals surface area contributed by atoms with Crippen LogP contribution in [0.5, 0.6) is 0 Å². The van der Waals surface area contributed by atoms with E-state index in [2.05, 4.69) is 20.8 Å². The van der Waals surface area contributed by atoms with Crippen LogP contribution in [0.1, 0.15) is 136 Å². The third-order valence-electron chi connectivity index (χ3n) is 5.76. The van der Waals surface area contributed by atoms with Crippen LogP contribution in [0.2, 0.25) is 0 Å². The van der Waals surface area contributed by atoms with Gasteiger partial charge in [0.25, 0.3) is 0 Å². The van der Waals surface area contributed by atoms with Gasteiger partial charge in [0.2, 0.25) is 0 Å². The molecule has 0 bridgehead atoms. The lowest BCUT2D eigenvalue weighted by molar-refractivity contribution is -0.134. The van der Waals surface area contributed by atoms with Crippen LogP contribution in [0.15, 0.2) is 0 Å². The standard InChI is InChI=1S/C24H47O2/c1-4-7-10-11-12-13-14-15-16-17-18-21-24(19-8-5-2,20-9-6-3)22-23(25)26/h22H,4-21H2,1-3H3,(H,25,26). The van der Waals surface area contributed by atoms with Gasteiger partial charge in [-0.15, -0.1) is 0 Å². The van der Waals surface area contributed by atoms with Gasteiger partial charge in [0, 0.05) is 0 Å². The number of carboxylic acid groups (broad SMARTS) is 1. The third-order valence-corrected chi connectivity index (χ3v) is 5.76. The maximum absolute atomic E-state index is 11.4. The molecule has 0 saturated carbocycles. The molecule has 2 heteroatoms. The maximum atomic E-state index is 11.4. The molecule has 0 atom stereocenters. The van der Waals surface area contributed by atoms with Crippen LogP contribution in [0, 0.1) is 11.8 Å². The van der Waals surface area contributed by atoms with Crippen molar-refractivity contribution in [1.29, 1.82) is 0 Å². The number of carboxylic acids is 1. The minimum Gasteiger partial charge on any atom is -0.481 e. The monoisotopic (exact) mass is 367 g/mol. The summed E-state index contributed by atoms with van der Waals surface area (Å²) in [4.78, 5) is 11.4. The average molecular weight is 368 g/mol. The van der Waals surface area contributed by atoms with Gasteiger partial charge in [0.15, 0.2) is 0 Å². The van der Waals surface area contributed by atoms with Gasteiger partial charge in [-0.1, -0.05) is 117 Å². The summed E-state index contributed by atoms with van der Waals surface area (Å²) in [6.45, 7) is 6.68. The van der Waals surface area contributed by atoms with Gasteiger partial charge in [0.1, 0.15) is 0 Å². The molecule has 1 N–H and O–H groups in total. The van der Waals surface area contributed by atoms with Crippen LogP contribution in [-0.4, -0.2) is 11.1 Å². The van der Waals surface area contributed by atoms with Crippen LogP contribution >= 0.6 is 0 Å². The molecular weight excluding hydrogens is 320 g/mol. The zero-order chi connectivity index (χ0) is 19.5. The summed E-state index contributed by atoms with van der Waals surface area (Å²) < 4.78 is 0. The molecule has 0 amide bonds. The Labute approximate surface area is 164 Å². The number of rotatable bonds is 20. The Hall–Kier alpha value is -0.530. The fourth-order valence-electron chi connectivity index (χ4n) is 4.05. The first-order valence-corrected chi connectivity index (χ1v) is 11.7. The minimum atomic E-state index is -0.722. The molecule has 0 aromatic carbocycles. The van der Waals surface area contributed by atoms with Crippen LogP contribution in [-0.2, 0) is 4.79 Å². The highest BCUT2D eigenvalue weighted by Crippen LogP contribution is 2.39. The van der Waals surface area contributed by atoms with E-state index in [4.69, 9.17) is 0 Å². The number of aliphatic carboxylic acids is 1. The van der Waals surface area contributed by atoms with Crippen molar-refractivity contribution in [3.8, 4) is 0 Å². The van der Waals surface area contributed by atoms with Crippen molar-refractivity contribution in [3.63, 3.8) is 0 Å². The lowest BCUT2D eigenvalue weighted by atomic mass is 9.72. The van der Waals surface area contributed by atoms with Gasteiger partial charge >= 0.3 is 5.97 Å². The van der Waals surface area contributed by atoms with Gasteiger partial charge in [-0.05, 0) is 24.7 Å². The number of hydrogen-bond acceptors (Lipinski definition) is 1. The highest BCUT2D eigenvalue weighted by Gasteiger charge is 2.31. The van der Waals surface area contributed by atoms with E-state index < -0.39 is 5.97 Å². The molecule has 0 aromatic heterocycles. The molecule has 0 fully saturated rings. The summed E-state index contributed by atoms with van der Waals surface area (Å²) in [6.07, 6.45) is 24.3. The van der Waals surface area contributed by atoms with Crippen molar-refractivity contribution in [3.05, 3.63) is 6.42 Å². The SMILES string of the molecule is CCCCCCCCCCCCCC([CH]C(=O)O)(CCCC)CCCC. The van der Waals surface area contributed by atoms with Crippen molar-refractivity contribution >= 4 is 5.97 Å². The third kappa shape index (κ3) is 14.6. The van der Waals surface area contributed by atoms with E-state index in [1.165, 1.54) is 70.6 Å². The highest BCUT2D eigenvalue weighted by atomic mass is 16.4. The lowest BCUT2D eigenvalue weighted by Crippen LogP contribution is -2.26. The molecule has 1 radical (unpaired) electrons. The summed E-state index contributed by atoms with van der Waals surface area (Å²) in [5.74, 6) is -0.722. The fourth-order valence-corrected chi connectivity index (χ4v) is 4.05. The second kappa shape index (κ2) is 17.9. The van der Waals surface area contributed by atoms with Crippen molar-refractivity contribution < 1.29 is 9.90 Å². The molecule has 0 rings (SSSR count). The van der Waals surface area contributed by atoms with E-state index in [-0.39, 0.29) is 5.41 Å². The number of hydrogen-bond donors (Lipinski definition) is 1. The lowest BCUT2D eigenvalue weighted by Gasteiger charge is -2.32. The molecule has 0 aliphatic rings. The maximum Gasteiger partial charge on any atom is 0.307 e. The topological polar surface area (TPSA) is 37.3 Å². The van der Waals surface area contributed by atoms with Gasteiger partial charge in [0.05, 0.1) is 6.42 Å². The molecule has 0 unspecified atom stereocenters. The van der Waals surface area contributed by atoms with Crippen LogP contribution in [0.4, 0.5) is 0 Å². The highest BCUT2D eigenvalue weighted by molar-refractivity contribution is 5.77. The Kier molecular flexibility index (Phi) is 17.5. The summed E-state index contributed by atoms with van der Waals surface area (Å²) in [5.41, 5.74) is -0.0584. The molecule has 26 heavy (non-hydrogen) atoms. The van der Waals surface area contributed by atoms with E-state index in [1.54, 1.807) is 6.42 Å². The Bertz CT molecular complexity index is 303. The largest absolute Gasteiger partial charge is 0.481 e. The Morgan fingerprint density at radius 2 is 0.962 bits per heavy atom. The Morgan fingerprint density at radius 1 is 0.615 bits per heavy atom. The molecule has 0 spiro atoms. The smallest absolute Gasteiger partial charge is 0.307 e. The molecule has 0 aromatic rings.